The zero-order valence-electron chi connectivity index (χ0n) is 30.3. The molecule has 0 aliphatic rings. The summed E-state index contributed by atoms with van der Waals surface area (Å²) in [4.78, 5) is 67.9. The van der Waals surface area contributed by atoms with Crippen molar-refractivity contribution < 1.29 is 48.5 Å². The van der Waals surface area contributed by atoms with Crippen molar-refractivity contribution in [1.82, 2.24) is 10.6 Å². The molecule has 0 fully saturated rings. The Labute approximate surface area is 332 Å². The van der Waals surface area contributed by atoms with Crippen LogP contribution in [-0.4, -0.2) is 85.0 Å². The van der Waals surface area contributed by atoms with E-state index in [1.807, 2.05) is 12.1 Å². The molecule has 0 aliphatic carbocycles. The van der Waals surface area contributed by atoms with E-state index in [1.54, 1.807) is 84.9 Å². The molecule has 4 atom stereocenters. The highest BCUT2D eigenvalue weighted by Crippen LogP contribution is 2.08. The van der Waals surface area contributed by atoms with Gasteiger partial charge in [0.15, 0.2) is 12.1 Å². The molecule has 2 amide bonds. The van der Waals surface area contributed by atoms with E-state index in [9.17, 15) is 39.0 Å². The summed E-state index contributed by atoms with van der Waals surface area (Å²) in [6.45, 7) is 2.78. The van der Waals surface area contributed by atoms with Crippen LogP contribution in [0.5, 0.6) is 0 Å². The van der Waals surface area contributed by atoms with Gasteiger partial charge in [0.05, 0.1) is 26.4 Å². The summed E-state index contributed by atoms with van der Waals surface area (Å²) < 4.78 is 10.2. The average Bonchev–Trinajstić information content (AvgIpc) is 3.21. The molecule has 4 aromatic rings. The number of terminal acetylenes is 1. The highest BCUT2D eigenvalue weighted by Gasteiger charge is 2.27. The van der Waals surface area contributed by atoms with Crippen LogP contribution in [-0.2, 0) is 19.1 Å². The number of aliphatic hydroxyl groups excluding tert-OH is 2. The number of rotatable bonds is 10. The van der Waals surface area contributed by atoms with Crippen LogP contribution in [0.15, 0.2) is 97.1 Å². The van der Waals surface area contributed by atoms with Gasteiger partial charge in [-0.25, -0.2) is 9.59 Å². The Morgan fingerprint density at radius 3 is 1.25 bits per heavy atom. The van der Waals surface area contributed by atoms with Crippen molar-refractivity contribution in [2.75, 3.05) is 14.2 Å². The monoisotopic (exact) mass is 858 g/mol. The Bertz CT molecular complexity index is 2010. The molecule has 0 radical (unpaired) electrons. The van der Waals surface area contributed by atoms with Gasteiger partial charge in [0.1, 0.15) is 12.6 Å². The maximum Gasteiger partial charge on any atom is 0.331 e. The summed E-state index contributed by atoms with van der Waals surface area (Å²) in [6.07, 6.45) is 4.68. The second-order valence-electron chi connectivity index (χ2n) is 11.4. The summed E-state index contributed by atoms with van der Waals surface area (Å²) in [5, 5.41) is 23.9. The van der Waals surface area contributed by atoms with Crippen molar-refractivity contribution in [3.05, 3.63) is 140 Å². The molecule has 0 unspecified atom stereocenters. The largest absolute Gasteiger partial charge is 0.467 e. The molecule has 0 aliphatic heterocycles. The quantitative estimate of drug-likeness (QED) is 0.0788. The molecule has 0 heterocycles. The van der Waals surface area contributed by atoms with Gasteiger partial charge in [-0.1, -0.05) is 42.0 Å². The van der Waals surface area contributed by atoms with E-state index in [1.165, 1.54) is 28.1 Å². The Morgan fingerprint density at radius 1 is 0.618 bits per heavy atom. The molecule has 4 rings (SSSR count). The molecule has 4 N–H and O–H groups in total. The number of aldehydes is 2. The van der Waals surface area contributed by atoms with Gasteiger partial charge < -0.3 is 30.3 Å². The Morgan fingerprint density at radius 2 is 0.945 bits per heavy atom. The molecule has 0 aromatic heterocycles. The van der Waals surface area contributed by atoms with E-state index >= 15 is 0 Å². The van der Waals surface area contributed by atoms with Crippen molar-refractivity contribution in [3.8, 4) is 24.2 Å². The second kappa shape index (κ2) is 23.5. The van der Waals surface area contributed by atoms with Crippen LogP contribution in [0, 0.1) is 27.8 Å². The number of aliphatic hydroxyl groups is 2. The first-order valence-electron chi connectivity index (χ1n) is 16.3. The lowest BCUT2D eigenvalue weighted by Crippen LogP contribution is -2.48. The summed E-state index contributed by atoms with van der Waals surface area (Å²) in [7, 11) is 2.37. The van der Waals surface area contributed by atoms with Gasteiger partial charge in [-0.05, 0) is 109 Å². The van der Waals surface area contributed by atoms with Crippen molar-refractivity contribution in [2.24, 2.45) is 0 Å². The van der Waals surface area contributed by atoms with Crippen LogP contribution in [0.25, 0.3) is 0 Å². The van der Waals surface area contributed by atoms with Crippen molar-refractivity contribution in [2.45, 2.75) is 38.1 Å². The lowest BCUT2D eigenvalue weighted by molar-refractivity contribution is -0.146. The topological polar surface area (TPSA) is 185 Å². The van der Waals surface area contributed by atoms with Crippen LogP contribution in [0.4, 0.5) is 0 Å². The Balaban J connectivity index is 0.000000322. The number of methoxy groups -OCH3 is 2. The maximum absolute atomic E-state index is 12.2. The number of hydrogen-bond donors (Lipinski definition) is 4. The van der Waals surface area contributed by atoms with Gasteiger partial charge in [-0.2, -0.15) is 0 Å². The molecular formula is C42H39IN2O10. The van der Waals surface area contributed by atoms with Gasteiger partial charge in [-0.3, -0.25) is 19.2 Å². The summed E-state index contributed by atoms with van der Waals surface area (Å²) in [5.74, 6) is 5.95. The first-order valence-corrected chi connectivity index (χ1v) is 17.4. The van der Waals surface area contributed by atoms with Crippen LogP contribution in [0.3, 0.4) is 0 Å². The third-order valence-corrected chi connectivity index (χ3v) is 8.03. The molecular weight excluding hydrogens is 819 g/mol. The SMILES string of the molecule is C#Cc1ccc(C(=O)N[C@H](C(=O)OC)[C@@H](C)O)cc1.COC(=O)[C@@H](NC(=O)c1ccc(C#Cc2ccc(C=O)cc2)cc1)[C@@H](C)O.O=Cc1ccc(I)cc1. The molecule has 55 heavy (non-hydrogen) atoms. The van der Waals surface area contributed by atoms with E-state index in [4.69, 9.17) is 6.42 Å². The molecule has 0 saturated carbocycles. The third-order valence-electron chi connectivity index (χ3n) is 7.31. The molecule has 0 spiro atoms. The maximum atomic E-state index is 12.2. The van der Waals surface area contributed by atoms with Crippen molar-refractivity contribution in [3.63, 3.8) is 0 Å². The van der Waals surface area contributed by atoms with Crippen LogP contribution >= 0.6 is 22.6 Å². The fraction of sp³-hybridized carbons (Fsp3) is 0.190. The van der Waals surface area contributed by atoms with Crippen LogP contribution in [0.1, 0.15) is 72.0 Å². The smallest absolute Gasteiger partial charge is 0.331 e. The van der Waals surface area contributed by atoms with E-state index < -0.39 is 48.0 Å². The number of amides is 2. The number of carbonyl (C=O) groups is 6. The van der Waals surface area contributed by atoms with Gasteiger partial charge >= 0.3 is 11.9 Å². The van der Waals surface area contributed by atoms with Crippen LogP contribution in [0.2, 0.25) is 0 Å². The number of carbonyl (C=O) groups excluding carboxylic acids is 6. The molecule has 13 heteroatoms. The van der Waals surface area contributed by atoms with E-state index in [0.29, 0.717) is 27.8 Å². The van der Waals surface area contributed by atoms with E-state index in [2.05, 4.69) is 60.5 Å². The predicted molar refractivity (Wildman–Crippen MR) is 213 cm³/mol. The molecule has 0 bridgehead atoms. The predicted octanol–water partition coefficient (Wildman–Crippen LogP) is 3.97. The second-order valence-corrected chi connectivity index (χ2v) is 12.6. The van der Waals surface area contributed by atoms with Gasteiger partial charge in [0.2, 0.25) is 0 Å². The number of ether oxygens (including phenoxy) is 2. The third kappa shape index (κ3) is 15.4. The van der Waals surface area contributed by atoms with Crippen molar-refractivity contribution in [1.29, 1.82) is 0 Å². The Kier molecular flexibility index (Phi) is 19.3. The lowest BCUT2D eigenvalue weighted by atomic mass is 10.1. The Hall–Kier alpha value is -6.13. The van der Waals surface area contributed by atoms with Crippen LogP contribution < -0.4 is 10.6 Å². The first-order chi connectivity index (χ1) is 26.3. The highest BCUT2D eigenvalue weighted by molar-refractivity contribution is 14.1. The minimum absolute atomic E-state index is 0.324. The lowest BCUT2D eigenvalue weighted by Gasteiger charge is -2.18. The normalized spacial score (nSPS) is 11.9. The minimum atomic E-state index is -1.14. The standard InChI is InChI=1S/C21H19NO5.C14H15NO4.C7H5IO/c1-14(24)19(21(26)27-2)22-20(25)18-11-9-16(10-12-18)4-3-15-5-7-17(13-23)8-6-15;1-4-10-5-7-11(8-6-10)13(17)15-12(9(2)16)14(18)19-3;8-7-3-1-6(5-9)2-4-7/h5-14,19,24H,1-2H3,(H,22,25);1,5-9,12,16H,2-3H3,(H,15,17);1-5H/t14-,19+;9-,12+;/m11./s1. The fourth-order valence-corrected chi connectivity index (χ4v) is 4.57. The fourth-order valence-electron chi connectivity index (χ4n) is 4.21. The number of esters is 2. The first kappa shape index (κ1) is 45.0. The molecule has 4 aromatic carbocycles. The number of benzene rings is 4. The van der Waals surface area contributed by atoms with Crippen molar-refractivity contribution >= 4 is 58.9 Å². The van der Waals surface area contributed by atoms with E-state index in [-0.39, 0.29) is 0 Å². The summed E-state index contributed by atoms with van der Waals surface area (Å²) in [6, 6.07) is 24.9. The number of hydrogen-bond acceptors (Lipinski definition) is 10. The highest BCUT2D eigenvalue weighted by atomic mass is 127. The molecule has 284 valence electrons. The minimum Gasteiger partial charge on any atom is -0.467 e. The summed E-state index contributed by atoms with van der Waals surface area (Å²) >= 11 is 2.20. The van der Waals surface area contributed by atoms with Gasteiger partial charge in [0.25, 0.3) is 11.8 Å². The zero-order chi connectivity index (χ0) is 40.9. The summed E-state index contributed by atoms with van der Waals surface area (Å²) in [5.41, 5.74) is 4.09. The number of nitrogens with one attached hydrogen (secondary N) is 2. The van der Waals surface area contributed by atoms with Gasteiger partial charge in [0, 0.05) is 42.5 Å². The average molecular weight is 859 g/mol. The number of halogens is 1. The molecule has 0 saturated heterocycles. The molecule has 12 nitrogen and oxygen atoms in total. The van der Waals surface area contributed by atoms with Gasteiger partial charge in [-0.15, -0.1) is 6.42 Å². The van der Waals surface area contributed by atoms with E-state index in [0.717, 1.165) is 27.3 Å². The zero-order valence-corrected chi connectivity index (χ0v) is 32.5.